The van der Waals surface area contributed by atoms with E-state index in [0.29, 0.717) is 6.04 Å². The molecule has 2 amide bonds. The minimum absolute atomic E-state index is 0.0228. The third-order valence-electron chi connectivity index (χ3n) is 4.94. The normalized spacial score (nSPS) is 16.4. The Morgan fingerprint density at radius 1 is 1.17 bits per heavy atom. The third-order valence-corrected chi connectivity index (χ3v) is 4.94. The Labute approximate surface area is 146 Å². The van der Waals surface area contributed by atoms with Crippen molar-refractivity contribution in [3.05, 3.63) is 29.3 Å². The highest BCUT2D eigenvalue weighted by molar-refractivity contribution is 5.89. The number of piperidine rings is 1. The van der Waals surface area contributed by atoms with Gasteiger partial charge in [0.1, 0.15) is 0 Å². The molecule has 1 aliphatic heterocycles. The number of nitrogens with zero attached hydrogens (tertiary/aromatic N) is 3. The Bertz CT molecular complexity index is 550. The number of nitrogens with one attached hydrogen (secondary N) is 1. The van der Waals surface area contributed by atoms with Crippen molar-refractivity contribution < 1.29 is 4.79 Å². The molecule has 24 heavy (non-hydrogen) atoms. The second kappa shape index (κ2) is 8.49. The van der Waals surface area contributed by atoms with Crippen LogP contribution in [0, 0.1) is 13.8 Å². The first-order chi connectivity index (χ1) is 11.4. The zero-order chi connectivity index (χ0) is 17.7. The summed E-state index contributed by atoms with van der Waals surface area (Å²) >= 11 is 0. The second-order valence-corrected chi connectivity index (χ2v) is 7.26. The first-order valence-electron chi connectivity index (χ1n) is 8.85. The minimum atomic E-state index is 0.0228. The summed E-state index contributed by atoms with van der Waals surface area (Å²) in [6.45, 7) is 7.92. The fourth-order valence-electron chi connectivity index (χ4n) is 3.08. The topological polar surface area (TPSA) is 38.8 Å². The van der Waals surface area contributed by atoms with Gasteiger partial charge in [-0.3, -0.25) is 0 Å². The minimum Gasteiger partial charge on any atom is -0.320 e. The lowest BCUT2D eigenvalue weighted by Crippen LogP contribution is -2.50. The van der Waals surface area contributed by atoms with E-state index >= 15 is 0 Å². The third kappa shape index (κ3) is 5.21. The zero-order valence-electron chi connectivity index (χ0n) is 15.8. The first-order valence-corrected chi connectivity index (χ1v) is 8.85. The van der Waals surface area contributed by atoms with Gasteiger partial charge in [0.05, 0.1) is 0 Å². The molecule has 1 fully saturated rings. The van der Waals surface area contributed by atoms with Gasteiger partial charge in [-0.25, -0.2) is 4.79 Å². The molecule has 1 N–H and O–H groups in total. The van der Waals surface area contributed by atoms with Crippen molar-refractivity contribution in [2.45, 2.75) is 32.7 Å². The van der Waals surface area contributed by atoms with Gasteiger partial charge in [0.15, 0.2) is 0 Å². The van der Waals surface area contributed by atoms with E-state index in [1.165, 1.54) is 11.1 Å². The van der Waals surface area contributed by atoms with Crippen LogP contribution in [-0.2, 0) is 0 Å². The van der Waals surface area contributed by atoms with Gasteiger partial charge in [-0.2, -0.15) is 0 Å². The van der Waals surface area contributed by atoms with Crippen LogP contribution in [0.1, 0.15) is 24.0 Å². The van der Waals surface area contributed by atoms with Crippen molar-refractivity contribution in [2.75, 3.05) is 52.6 Å². The van der Waals surface area contributed by atoms with Crippen LogP contribution >= 0.6 is 0 Å². The van der Waals surface area contributed by atoms with E-state index in [1.807, 2.05) is 31.1 Å². The van der Waals surface area contributed by atoms with Crippen molar-refractivity contribution in [2.24, 2.45) is 0 Å². The molecule has 0 aromatic heterocycles. The number of hydrogen-bond donors (Lipinski definition) is 1. The Hall–Kier alpha value is -1.59. The van der Waals surface area contributed by atoms with Crippen molar-refractivity contribution in [1.29, 1.82) is 0 Å². The number of anilines is 1. The highest BCUT2D eigenvalue weighted by atomic mass is 16.2. The van der Waals surface area contributed by atoms with Crippen LogP contribution in [0.15, 0.2) is 18.2 Å². The van der Waals surface area contributed by atoms with E-state index in [4.69, 9.17) is 0 Å². The number of likely N-dealkylation sites (N-methyl/N-ethyl adjacent to an activating group) is 1. The molecule has 2 rings (SSSR count). The summed E-state index contributed by atoms with van der Waals surface area (Å²) in [4.78, 5) is 19.4. The SMILES string of the molecule is Cc1ccc(NC(=O)N(CCN(C)C)C2CCN(C)CC2)cc1C. The van der Waals surface area contributed by atoms with Crippen LogP contribution < -0.4 is 5.32 Å². The molecule has 1 aliphatic rings. The van der Waals surface area contributed by atoms with Crippen LogP contribution in [-0.4, -0.2) is 74.1 Å². The average Bonchev–Trinajstić information content (AvgIpc) is 2.52. The summed E-state index contributed by atoms with van der Waals surface area (Å²) in [7, 11) is 6.25. The lowest BCUT2D eigenvalue weighted by atomic mass is 10.0. The number of carbonyl (C=O) groups is 1. The predicted molar refractivity (Wildman–Crippen MR) is 101 cm³/mol. The maximum absolute atomic E-state index is 12.9. The van der Waals surface area contributed by atoms with Gasteiger partial charge in [0.2, 0.25) is 0 Å². The van der Waals surface area contributed by atoms with Gasteiger partial charge >= 0.3 is 6.03 Å². The molecule has 0 spiro atoms. The molecular formula is C19H32N4O. The molecule has 5 nitrogen and oxygen atoms in total. The van der Waals surface area contributed by atoms with E-state index in [9.17, 15) is 4.79 Å². The molecule has 0 saturated carbocycles. The van der Waals surface area contributed by atoms with Gasteiger partial charge in [-0.15, -0.1) is 0 Å². The molecule has 1 saturated heterocycles. The summed E-state index contributed by atoms with van der Waals surface area (Å²) in [6.07, 6.45) is 2.09. The molecule has 1 aromatic carbocycles. The lowest BCUT2D eigenvalue weighted by Gasteiger charge is -2.37. The Kier molecular flexibility index (Phi) is 6.63. The average molecular weight is 332 g/mol. The zero-order valence-corrected chi connectivity index (χ0v) is 15.8. The number of rotatable bonds is 5. The van der Waals surface area contributed by atoms with Crippen LogP contribution in [0.25, 0.3) is 0 Å². The molecular weight excluding hydrogens is 300 g/mol. The molecule has 1 heterocycles. The van der Waals surface area contributed by atoms with E-state index in [-0.39, 0.29) is 6.03 Å². The van der Waals surface area contributed by atoms with Crippen LogP contribution in [0.4, 0.5) is 10.5 Å². The summed E-state index contributed by atoms with van der Waals surface area (Å²) in [5.41, 5.74) is 3.32. The Morgan fingerprint density at radius 3 is 2.42 bits per heavy atom. The highest BCUT2D eigenvalue weighted by Crippen LogP contribution is 2.19. The van der Waals surface area contributed by atoms with Crippen molar-refractivity contribution in [3.63, 3.8) is 0 Å². The molecule has 5 heteroatoms. The molecule has 0 unspecified atom stereocenters. The fourth-order valence-corrected chi connectivity index (χ4v) is 3.08. The van der Waals surface area contributed by atoms with Gasteiger partial charge < -0.3 is 20.0 Å². The molecule has 134 valence electrons. The summed E-state index contributed by atoms with van der Waals surface area (Å²) in [5, 5.41) is 3.10. The second-order valence-electron chi connectivity index (χ2n) is 7.26. The molecule has 1 aromatic rings. The summed E-state index contributed by atoms with van der Waals surface area (Å²) < 4.78 is 0. The summed E-state index contributed by atoms with van der Waals surface area (Å²) in [6, 6.07) is 6.44. The maximum Gasteiger partial charge on any atom is 0.322 e. The number of benzene rings is 1. The lowest BCUT2D eigenvalue weighted by molar-refractivity contribution is 0.134. The number of hydrogen-bond acceptors (Lipinski definition) is 3. The molecule has 0 atom stereocenters. The van der Waals surface area contributed by atoms with Gasteiger partial charge in [0.25, 0.3) is 0 Å². The Balaban J connectivity index is 2.06. The first kappa shape index (κ1) is 18.7. The maximum atomic E-state index is 12.9. The number of amides is 2. The predicted octanol–water partition coefficient (Wildman–Crippen LogP) is 2.79. The van der Waals surface area contributed by atoms with Gasteiger partial charge in [0, 0.05) is 24.8 Å². The van der Waals surface area contributed by atoms with Crippen molar-refractivity contribution >= 4 is 11.7 Å². The molecule has 0 aliphatic carbocycles. The standard InChI is InChI=1S/C19H32N4O/c1-15-6-7-17(14-16(15)2)20-19(24)23(13-12-21(3)4)18-8-10-22(5)11-9-18/h6-7,14,18H,8-13H2,1-5H3,(H,20,24). The van der Waals surface area contributed by atoms with Crippen LogP contribution in [0.5, 0.6) is 0 Å². The van der Waals surface area contributed by atoms with E-state index in [2.05, 4.69) is 42.1 Å². The van der Waals surface area contributed by atoms with Crippen molar-refractivity contribution in [1.82, 2.24) is 14.7 Å². The molecule has 0 bridgehead atoms. The van der Waals surface area contributed by atoms with Crippen LogP contribution in [0.3, 0.4) is 0 Å². The van der Waals surface area contributed by atoms with Gasteiger partial charge in [-0.05, 0) is 84.2 Å². The van der Waals surface area contributed by atoms with E-state index in [0.717, 1.165) is 44.7 Å². The largest absolute Gasteiger partial charge is 0.322 e. The van der Waals surface area contributed by atoms with Crippen LogP contribution in [0.2, 0.25) is 0 Å². The quantitative estimate of drug-likeness (QED) is 0.901. The van der Waals surface area contributed by atoms with Crippen molar-refractivity contribution in [3.8, 4) is 0 Å². The summed E-state index contributed by atoms with van der Waals surface area (Å²) in [5.74, 6) is 0. The number of aryl methyl sites for hydroxylation is 2. The van der Waals surface area contributed by atoms with Gasteiger partial charge in [-0.1, -0.05) is 6.07 Å². The van der Waals surface area contributed by atoms with E-state index < -0.39 is 0 Å². The van der Waals surface area contributed by atoms with E-state index in [1.54, 1.807) is 0 Å². The fraction of sp³-hybridized carbons (Fsp3) is 0.632. The number of likely N-dealkylation sites (tertiary alicyclic amines) is 1. The monoisotopic (exact) mass is 332 g/mol. The highest BCUT2D eigenvalue weighted by Gasteiger charge is 2.27. The smallest absolute Gasteiger partial charge is 0.320 e. The molecule has 0 radical (unpaired) electrons. The Morgan fingerprint density at radius 2 is 1.83 bits per heavy atom. The number of urea groups is 1. The number of carbonyl (C=O) groups excluding carboxylic acids is 1.